The van der Waals surface area contributed by atoms with E-state index in [9.17, 15) is 14.0 Å². The summed E-state index contributed by atoms with van der Waals surface area (Å²) in [7, 11) is 0. The molecule has 2 N–H and O–H groups in total. The minimum Gasteiger partial charge on any atom is -0.408 e. The lowest BCUT2D eigenvalue weighted by Gasteiger charge is -2.08. The van der Waals surface area contributed by atoms with E-state index >= 15 is 0 Å². The second kappa shape index (κ2) is 6.19. The second-order valence-corrected chi connectivity index (χ2v) is 5.60. The number of carbonyl (C=O) groups is 1. The molecule has 0 unspecified atom stereocenters. The van der Waals surface area contributed by atoms with E-state index in [1.54, 1.807) is 18.2 Å². The Balaban J connectivity index is 1.79. The number of halogens is 1. The van der Waals surface area contributed by atoms with Gasteiger partial charge in [-0.2, -0.15) is 0 Å². The molecule has 0 saturated carbocycles. The fraction of sp³-hybridized carbons (Fsp3) is 0.176. The highest BCUT2D eigenvalue weighted by Gasteiger charge is 2.13. The van der Waals surface area contributed by atoms with E-state index in [0.29, 0.717) is 22.5 Å². The number of anilines is 2. The van der Waals surface area contributed by atoms with E-state index in [2.05, 4.69) is 10.6 Å². The van der Waals surface area contributed by atoms with Crippen molar-refractivity contribution in [3.63, 3.8) is 0 Å². The summed E-state index contributed by atoms with van der Waals surface area (Å²) >= 11 is 0. The first-order chi connectivity index (χ1) is 11.4. The summed E-state index contributed by atoms with van der Waals surface area (Å²) in [6.45, 7) is 3.78. The summed E-state index contributed by atoms with van der Waals surface area (Å²) in [5.41, 5.74) is 2.01. The minimum atomic E-state index is -0.480. The Hall–Kier alpha value is -3.09. The average molecular weight is 329 g/mol. The number of benzene rings is 2. The second-order valence-electron chi connectivity index (χ2n) is 5.60. The quantitative estimate of drug-likeness (QED) is 0.763. The Labute approximate surface area is 136 Å². The van der Waals surface area contributed by atoms with Crippen molar-refractivity contribution in [2.75, 3.05) is 10.6 Å². The fourth-order valence-electron chi connectivity index (χ4n) is 2.43. The van der Waals surface area contributed by atoms with Crippen molar-refractivity contribution in [1.29, 1.82) is 0 Å². The van der Waals surface area contributed by atoms with Crippen LogP contribution in [0.2, 0.25) is 0 Å². The molecule has 0 fully saturated rings. The molecule has 0 aliphatic rings. The normalized spacial score (nSPS) is 11.0. The number of nitrogens with zero attached hydrogens (tertiary/aromatic N) is 1. The van der Waals surface area contributed by atoms with Crippen LogP contribution in [-0.2, 0) is 0 Å². The molecule has 3 rings (SSSR count). The van der Waals surface area contributed by atoms with Crippen LogP contribution in [0.3, 0.4) is 0 Å². The van der Waals surface area contributed by atoms with Crippen LogP contribution in [0, 0.1) is 5.82 Å². The lowest BCUT2D eigenvalue weighted by atomic mass is 10.2. The minimum absolute atomic E-state index is 0.0284. The molecule has 0 aliphatic heterocycles. The van der Waals surface area contributed by atoms with Crippen molar-refractivity contribution in [2.24, 2.45) is 0 Å². The average Bonchev–Trinajstić information content (AvgIpc) is 2.84. The van der Waals surface area contributed by atoms with Crippen molar-refractivity contribution >= 4 is 28.5 Å². The van der Waals surface area contributed by atoms with Gasteiger partial charge in [-0.1, -0.05) is 0 Å². The van der Waals surface area contributed by atoms with Crippen LogP contribution in [0.1, 0.15) is 19.9 Å². The van der Waals surface area contributed by atoms with E-state index in [0.717, 1.165) is 0 Å². The van der Waals surface area contributed by atoms with Crippen LogP contribution in [0.4, 0.5) is 20.6 Å². The van der Waals surface area contributed by atoms with E-state index in [1.807, 2.05) is 13.8 Å². The predicted octanol–water partition coefficient (Wildman–Crippen LogP) is 3.96. The summed E-state index contributed by atoms with van der Waals surface area (Å²) < 4.78 is 19.6. The summed E-state index contributed by atoms with van der Waals surface area (Å²) in [5.74, 6) is -0.816. The zero-order valence-electron chi connectivity index (χ0n) is 13.2. The molecule has 0 saturated heterocycles. The van der Waals surface area contributed by atoms with E-state index in [-0.39, 0.29) is 11.9 Å². The monoisotopic (exact) mass is 329 g/mol. The number of amides is 2. The molecule has 24 heavy (non-hydrogen) atoms. The van der Waals surface area contributed by atoms with Gasteiger partial charge in [0.1, 0.15) is 5.82 Å². The third-order valence-corrected chi connectivity index (χ3v) is 3.49. The van der Waals surface area contributed by atoms with Crippen LogP contribution in [0.25, 0.3) is 11.1 Å². The van der Waals surface area contributed by atoms with E-state index in [1.165, 1.54) is 28.8 Å². The molecule has 0 atom stereocenters. The molecule has 1 aromatic heterocycles. The highest BCUT2D eigenvalue weighted by Crippen LogP contribution is 2.21. The van der Waals surface area contributed by atoms with Gasteiger partial charge in [0.2, 0.25) is 0 Å². The van der Waals surface area contributed by atoms with Gasteiger partial charge in [0.05, 0.1) is 5.52 Å². The number of hydrogen-bond donors (Lipinski definition) is 2. The number of rotatable bonds is 3. The number of urea groups is 1. The number of oxazole rings is 1. The summed E-state index contributed by atoms with van der Waals surface area (Å²) in [6, 6.07) is 9.90. The maximum atomic E-state index is 12.8. The van der Waals surface area contributed by atoms with Crippen molar-refractivity contribution in [2.45, 2.75) is 19.9 Å². The van der Waals surface area contributed by atoms with Crippen molar-refractivity contribution in [3.05, 3.63) is 58.8 Å². The van der Waals surface area contributed by atoms with Crippen LogP contribution < -0.4 is 16.4 Å². The van der Waals surface area contributed by atoms with Gasteiger partial charge < -0.3 is 15.1 Å². The van der Waals surface area contributed by atoms with Gasteiger partial charge in [-0.25, -0.2) is 14.0 Å². The third-order valence-electron chi connectivity index (χ3n) is 3.49. The molecule has 3 aromatic rings. The SMILES string of the molecule is CC(C)n1c(=O)oc2cc(NC(=O)Nc3ccc(F)cc3)ccc21. The molecule has 0 bridgehead atoms. The Morgan fingerprint density at radius 3 is 2.38 bits per heavy atom. The van der Waals surface area contributed by atoms with Crippen molar-refractivity contribution in [1.82, 2.24) is 4.57 Å². The van der Waals surface area contributed by atoms with Crippen LogP contribution in [0.5, 0.6) is 0 Å². The number of aromatic nitrogens is 1. The first-order valence-electron chi connectivity index (χ1n) is 7.42. The fourth-order valence-corrected chi connectivity index (χ4v) is 2.43. The maximum Gasteiger partial charge on any atom is 0.420 e. The summed E-state index contributed by atoms with van der Waals surface area (Å²) in [5, 5.41) is 5.23. The molecular formula is C17H16FN3O3. The topological polar surface area (TPSA) is 76.3 Å². The smallest absolute Gasteiger partial charge is 0.408 e. The van der Waals surface area contributed by atoms with Gasteiger partial charge in [-0.15, -0.1) is 0 Å². The van der Waals surface area contributed by atoms with Gasteiger partial charge in [0.15, 0.2) is 5.58 Å². The lowest BCUT2D eigenvalue weighted by molar-refractivity contribution is 0.262. The molecule has 2 amide bonds. The summed E-state index contributed by atoms with van der Waals surface area (Å²) in [6.07, 6.45) is 0. The first kappa shape index (κ1) is 15.8. The van der Waals surface area contributed by atoms with Gasteiger partial charge in [0, 0.05) is 23.5 Å². The van der Waals surface area contributed by atoms with Crippen LogP contribution >= 0.6 is 0 Å². The molecule has 0 spiro atoms. The van der Waals surface area contributed by atoms with Crippen LogP contribution in [0.15, 0.2) is 51.7 Å². The molecule has 1 heterocycles. The Bertz CT molecular complexity index is 942. The summed E-state index contributed by atoms with van der Waals surface area (Å²) in [4.78, 5) is 23.8. The predicted molar refractivity (Wildman–Crippen MR) is 89.9 cm³/mol. The van der Waals surface area contributed by atoms with Gasteiger partial charge in [0.25, 0.3) is 0 Å². The van der Waals surface area contributed by atoms with E-state index in [4.69, 9.17) is 4.42 Å². The highest BCUT2D eigenvalue weighted by molar-refractivity contribution is 6.00. The Kier molecular flexibility index (Phi) is 4.07. The molecular weight excluding hydrogens is 313 g/mol. The number of nitrogens with one attached hydrogen (secondary N) is 2. The number of fused-ring (bicyclic) bond motifs is 1. The zero-order valence-corrected chi connectivity index (χ0v) is 13.2. The lowest BCUT2D eigenvalue weighted by Crippen LogP contribution is -2.19. The van der Waals surface area contributed by atoms with Crippen molar-refractivity contribution < 1.29 is 13.6 Å². The Morgan fingerprint density at radius 1 is 1.08 bits per heavy atom. The standard InChI is InChI=1S/C17H16FN3O3/c1-10(2)21-14-8-7-13(9-15(14)24-17(21)23)20-16(22)19-12-5-3-11(18)4-6-12/h3-10H,1-2H3,(H2,19,20,22). The van der Waals surface area contributed by atoms with Gasteiger partial charge >= 0.3 is 11.8 Å². The maximum absolute atomic E-state index is 12.8. The van der Waals surface area contributed by atoms with Gasteiger partial charge in [-0.05, 0) is 50.2 Å². The molecule has 2 aromatic carbocycles. The zero-order chi connectivity index (χ0) is 17.3. The van der Waals surface area contributed by atoms with Crippen LogP contribution in [-0.4, -0.2) is 10.6 Å². The highest BCUT2D eigenvalue weighted by atomic mass is 19.1. The largest absolute Gasteiger partial charge is 0.420 e. The third kappa shape index (κ3) is 3.15. The molecule has 0 radical (unpaired) electrons. The number of hydrogen-bond acceptors (Lipinski definition) is 3. The first-order valence-corrected chi connectivity index (χ1v) is 7.42. The molecule has 0 aliphatic carbocycles. The van der Waals surface area contributed by atoms with E-state index < -0.39 is 11.8 Å². The molecule has 6 nitrogen and oxygen atoms in total. The molecule has 124 valence electrons. The Morgan fingerprint density at radius 2 is 1.71 bits per heavy atom. The number of carbonyl (C=O) groups excluding carboxylic acids is 1. The molecule has 7 heteroatoms. The van der Waals surface area contributed by atoms with Gasteiger partial charge in [-0.3, -0.25) is 4.57 Å². The van der Waals surface area contributed by atoms with Crippen molar-refractivity contribution in [3.8, 4) is 0 Å².